The van der Waals surface area contributed by atoms with Crippen LogP contribution in [0.4, 0.5) is 14.9 Å². The maximum atomic E-state index is 14.5. The number of nitrogens with one attached hydrogen (secondary N) is 2. The van der Waals surface area contributed by atoms with E-state index in [1.54, 1.807) is 31.2 Å². The fourth-order valence-corrected chi connectivity index (χ4v) is 3.34. The Balaban J connectivity index is 2.08. The number of amides is 3. The highest BCUT2D eigenvalue weighted by Crippen LogP contribution is 2.36. The maximum Gasteiger partial charge on any atom is 0.322 e. The van der Waals surface area contributed by atoms with Gasteiger partial charge >= 0.3 is 6.03 Å². The summed E-state index contributed by atoms with van der Waals surface area (Å²) in [5, 5.41) is 5.54. The number of halogens is 2. The number of allylic oxidation sites excluding steroid dienone is 1. The second kappa shape index (κ2) is 7.90. The van der Waals surface area contributed by atoms with Crippen LogP contribution < -0.4 is 15.4 Å². The number of hydrogen-bond acceptors (Lipinski definition) is 3. The molecule has 0 unspecified atom stereocenters. The zero-order valence-corrected chi connectivity index (χ0v) is 16.3. The number of benzene rings is 2. The normalized spacial score (nSPS) is 16.7. The lowest BCUT2D eigenvalue weighted by molar-refractivity contribution is -0.113. The van der Waals surface area contributed by atoms with Gasteiger partial charge in [0, 0.05) is 23.3 Å². The summed E-state index contributed by atoms with van der Waals surface area (Å²) in [6.45, 7) is 1.62. The van der Waals surface area contributed by atoms with Gasteiger partial charge in [-0.3, -0.25) is 4.79 Å². The first-order valence-electron chi connectivity index (χ1n) is 8.48. The van der Waals surface area contributed by atoms with E-state index >= 15 is 0 Å². The number of rotatable bonds is 4. The Morgan fingerprint density at radius 3 is 2.64 bits per heavy atom. The summed E-state index contributed by atoms with van der Waals surface area (Å²) in [6, 6.07) is 9.62. The highest BCUT2D eigenvalue weighted by molar-refractivity contribution is 6.31. The van der Waals surface area contributed by atoms with Crippen molar-refractivity contribution >= 4 is 29.2 Å². The van der Waals surface area contributed by atoms with Crippen LogP contribution in [-0.4, -0.2) is 31.0 Å². The minimum atomic E-state index is -1.04. The lowest BCUT2D eigenvalue weighted by Gasteiger charge is -2.34. The highest BCUT2D eigenvalue weighted by Gasteiger charge is 2.36. The lowest BCUT2D eigenvalue weighted by atomic mass is 9.93. The molecule has 3 amide bonds. The molecular formula is C20H19ClFN3O3. The zero-order chi connectivity index (χ0) is 20.4. The van der Waals surface area contributed by atoms with Crippen LogP contribution in [-0.2, 0) is 4.79 Å². The fraction of sp³-hybridized carbons (Fsp3) is 0.200. The van der Waals surface area contributed by atoms with E-state index in [0.29, 0.717) is 17.1 Å². The van der Waals surface area contributed by atoms with Gasteiger partial charge in [0.25, 0.3) is 5.91 Å². The van der Waals surface area contributed by atoms with E-state index in [-0.39, 0.29) is 16.2 Å². The van der Waals surface area contributed by atoms with E-state index in [0.717, 1.165) is 0 Å². The molecule has 2 aromatic rings. The fourth-order valence-electron chi connectivity index (χ4n) is 3.07. The van der Waals surface area contributed by atoms with E-state index in [1.165, 1.54) is 37.3 Å². The van der Waals surface area contributed by atoms with Crippen molar-refractivity contribution in [3.05, 3.63) is 70.1 Å². The van der Waals surface area contributed by atoms with Crippen molar-refractivity contribution in [2.45, 2.75) is 13.0 Å². The van der Waals surface area contributed by atoms with E-state index in [9.17, 15) is 14.0 Å². The van der Waals surface area contributed by atoms with Gasteiger partial charge in [0.05, 0.1) is 24.4 Å². The van der Waals surface area contributed by atoms with E-state index < -0.39 is 23.8 Å². The molecule has 146 valence electrons. The first-order valence-corrected chi connectivity index (χ1v) is 8.86. The SMILES string of the molecule is COc1ccccc1NC(=O)C1=C(C)N(C)C(=O)N[C@@H]1c1c(F)cccc1Cl. The summed E-state index contributed by atoms with van der Waals surface area (Å²) in [7, 11) is 3.02. The third-order valence-corrected chi connectivity index (χ3v) is 4.97. The molecule has 0 bridgehead atoms. The molecule has 3 rings (SSSR count). The number of carbonyl (C=O) groups excluding carboxylic acids is 2. The monoisotopic (exact) mass is 403 g/mol. The van der Waals surface area contributed by atoms with Gasteiger partial charge in [-0.25, -0.2) is 9.18 Å². The Hall–Kier alpha value is -3.06. The molecule has 0 aliphatic carbocycles. The smallest absolute Gasteiger partial charge is 0.322 e. The van der Waals surface area contributed by atoms with Crippen LogP contribution in [0, 0.1) is 5.82 Å². The van der Waals surface area contributed by atoms with Crippen LogP contribution in [0.2, 0.25) is 5.02 Å². The number of hydrogen-bond donors (Lipinski definition) is 2. The largest absolute Gasteiger partial charge is 0.495 e. The van der Waals surface area contributed by atoms with Gasteiger partial charge in [0.1, 0.15) is 11.6 Å². The van der Waals surface area contributed by atoms with Crippen molar-refractivity contribution in [3.8, 4) is 5.75 Å². The minimum absolute atomic E-state index is 0.0372. The van der Waals surface area contributed by atoms with Crippen LogP contribution in [0.5, 0.6) is 5.75 Å². The molecule has 1 atom stereocenters. The number of anilines is 1. The van der Waals surface area contributed by atoms with Gasteiger partial charge in [-0.15, -0.1) is 0 Å². The molecule has 0 fully saturated rings. The van der Waals surface area contributed by atoms with Crippen molar-refractivity contribution < 1.29 is 18.7 Å². The highest BCUT2D eigenvalue weighted by atomic mass is 35.5. The molecule has 0 saturated heterocycles. The second-order valence-electron chi connectivity index (χ2n) is 6.23. The molecule has 28 heavy (non-hydrogen) atoms. The molecule has 0 saturated carbocycles. The van der Waals surface area contributed by atoms with Crippen molar-refractivity contribution in [3.63, 3.8) is 0 Å². The zero-order valence-electron chi connectivity index (χ0n) is 15.5. The van der Waals surface area contributed by atoms with E-state index in [2.05, 4.69) is 10.6 Å². The van der Waals surface area contributed by atoms with E-state index in [1.807, 2.05) is 0 Å². The van der Waals surface area contributed by atoms with Crippen LogP contribution >= 0.6 is 11.6 Å². The standard InChI is InChI=1S/C20H19ClFN3O3/c1-11-16(19(26)23-14-9-4-5-10-15(14)28-3)18(24-20(27)25(11)2)17-12(21)7-6-8-13(17)22/h4-10,18H,1-3H3,(H,23,26)(H,24,27)/t18-/m0/s1. The van der Waals surface area contributed by atoms with Gasteiger partial charge in [-0.2, -0.15) is 0 Å². The van der Waals surface area contributed by atoms with Gasteiger partial charge in [-0.05, 0) is 31.2 Å². The molecule has 0 radical (unpaired) electrons. The summed E-state index contributed by atoms with van der Waals surface area (Å²) in [6.07, 6.45) is 0. The predicted octanol–water partition coefficient (Wildman–Crippen LogP) is 4.10. The molecule has 0 aromatic heterocycles. The minimum Gasteiger partial charge on any atom is -0.495 e. The molecule has 8 heteroatoms. The first kappa shape index (κ1) is 19.7. The third-order valence-electron chi connectivity index (χ3n) is 4.64. The summed E-state index contributed by atoms with van der Waals surface area (Å²) in [4.78, 5) is 26.7. The Morgan fingerprint density at radius 2 is 1.96 bits per heavy atom. The summed E-state index contributed by atoms with van der Waals surface area (Å²) in [5.74, 6) is -0.640. The molecule has 2 N–H and O–H groups in total. The number of carbonyl (C=O) groups is 2. The average Bonchev–Trinajstić information content (AvgIpc) is 2.66. The molecule has 1 heterocycles. The maximum absolute atomic E-state index is 14.5. The third kappa shape index (κ3) is 3.53. The van der Waals surface area contributed by atoms with Crippen LogP contribution in [0.25, 0.3) is 0 Å². The molecule has 0 spiro atoms. The Labute approximate surface area is 166 Å². The lowest BCUT2D eigenvalue weighted by Crippen LogP contribution is -2.47. The molecule has 1 aliphatic rings. The van der Waals surface area contributed by atoms with Gasteiger partial charge in [-0.1, -0.05) is 29.8 Å². The van der Waals surface area contributed by atoms with Gasteiger partial charge in [0.2, 0.25) is 0 Å². The van der Waals surface area contributed by atoms with Gasteiger partial charge < -0.3 is 20.3 Å². The Kier molecular flexibility index (Phi) is 5.56. The average molecular weight is 404 g/mol. The van der Waals surface area contributed by atoms with Crippen LogP contribution in [0.3, 0.4) is 0 Å². The van der Waals surface area contributed by atoms with Crippen molar-refractivity contribution in [2.24, 2.45) is 0 Å². The number of para-hydroxylation sites is 2. The van der Waals surface area contributed by atoms with Crippen molar-refractivity contribution in [2.75, 3.05) is 19.5 Å². The van der Waals surface area contributed by atoms with Crippen LogP contribution in [0.1, 0.15) is 18.5 Å². The van der Waals surface area contributed by atoms with Gasteiger partial charge in [0.15, 0.2) is 0 Å². The Bertz CT molecular complexity index is 957. The van der Waals surface area contributed by atoms with Crippen molar-refractivity contribution in [1.29, 1.82) is 0 Å². The molecule has 1 aliphatic heterocycles. The predicted molar refractivity (Wildman–Crippen MR) is 105 cm³/mol. The quantitative estimate of drug-likeness (QED) is 0.807. The number of ether oxygens (including phenoxy) is 1. The molecule has 6 nitrogen and oxygen atoms in total. The topological polar surface area (TPSA) is 70.7 Å². The molecular weight excluding hydrogens is 385 g/mol. The Morgan fingerprint density at radius 1 is 1.25 bits per heavy atom. The number of nitrogens with zero attached hydrogens (tertiary/aromatic N) is 1. The summed E-state index contributed by atoms with van der Waals surface area (Å²) >= 11 is 6.19. The summed E-state index contributed by atoms with van der Waals surface area (Å²) < 4.78 is 19.8. The second-order valence-corrected chi connectivity index (χ2v) is 6.64. The van der Waals surface area contributed by atoms with E-state index in [4.69, 9.17) is 16.3 Å². The molecule has 2 aromatic carbocycles. The first-order chi connectivity index (χ1) is 13.3. The summed E-state index contributed by atoms with van der Waals surface area (Å²) in [5.41, 5.74) is 1.06. The number of urea groups is 1. The van der Waals surface area contributed by atoms with Crippen LogP contribution in [0.15, 0.2) is 53.7 Å². The number of methoxy groups -OCH3 is 1. The van der Waals surface area contributed by atoms with Crippen molar-refractivity contribution in [1.82, 2.24) is 10.2 Å².